The zero-order valence-corrected chi connectivity index (χ0v) is 25.9. The number of hydrogen-bond donors (Lipinski definition) is 1. The summed E-state index contributed by atoms with van der Waals surface area (Å²) in [6.45, 7) is 7.79. The number of ether oxygens (including phenoxy) is 2. The van der Waals surface area contributed by atoms with E-state index in [0.29, 0.717) is 29.8 Å². The first-order valence-electron chi connectivity index (χ1n) is 16.0. The number of hydrogen-bond acceptors (Lipinski definition) is 5. The lowest BCUT2D eigenvalue weighted by atomic mass is 9.92. The third kappa shape index (κ3) is 11.6. The van der Waals surface area contributed by atoms with Crippen LogP contribution in [-0.4, -0.2) is 40.4 Å². The Morgan fingerprint density at radius 1 is 0.857 bits per heavy atom. The van der Waals surface area contributed by atoms with Gasteiger partial charge < -0.3 is 14.6 Å². The van der Waals surface area contributed by atoms with E-state index in [1.165, 1.54) is 68.9 Å². The van der Waals surface area contributed by atoms with Crippen LogP contribution < -0.4 is 4.74 Å². The molecule has 0 saturated carbocycles. The molecule has 0 bridgehead atoms. The molecule has 0 saturated heterocycles. The quantitative estimate of drug-likeness (QED) is 0.128. The monoisotopic (exact) mass is 574 g/mol. The van der Waals surface area contributed by atoms with Gasteiger partial charge in [-0.1, -0.05) is 82.6 Å². The van der Waals surface area contributed by atoms with E-state index < -0.39 is 5.97 Å². The smallest absolute Gasteiger partial charge is 0.336 e. The summed E-state index contributed by atoms with van der Waals surface area (Å²) in [5, 5.41) is 9.70. The lowest BCUT2D eigenvalue weighted by Gasteiger charge is -2.19. The molecule has 0 fully saturated rings. The highest BCUT2D eigenvalue weighted by Gasteiger charge is 2.17. The number of rotatable bonds is 21. The van der Waals surface area contributed by atoms with Crippen LogP contribution in [-0.2, 0) is 11.2 Å². The summed E-state index contributed by atoms with van der Waals surface area (Å²) in [5.74, 6) is 0.264. The van der Waals surface area contributed by atoms with Crippen LogP contribution in [0.4, 0.5) is 0 Å². The minimum atomic E-state index is -1.01. The highest BCUT2D eigenvalue weighted by Crippen LogP contribution is 2.29. The Hall–Kier alpha value is -3.25. The average molecular weight is 575 g/mol. The SMILES string of the molecule is CCCCCCCCC(COc1ccc(C(=O)O)c(-c2ncccn2)c1)c1ccc(CCCCCC(C)OCC)cc1. The zero-order chi connectivity index (χ0) is 30.0. The van der Waals surface area contributed by atoms with Crippen LogP contribution in [0.25, 0.3) is 11.4 Å². The van der Waals surface area contributed by atoms with Gasteiger partial charge >= 0.3 is 5.97 Å². The van der Waals surface area contributed by atoms with E-state index >= 15 is 0 Å². The summed E-state index contributed by atoms with van der Waals surface area (Å²) in [4.78, 5) is 20.4. The van der Waals surface area contributed by atoms with E-state index in [2.05, 4.69) is 55.0 Å². The summed E-state index contributed by atoms with van der Waals surface area (Å²) >= 11 is 0. The Bertz CT molecular complexity index is 1170. The summed E-state index contributed by atoms with van der Waals surface area (Å²) < 4.78 is 12.0. The van der Waals surface area contributed by atoms with Gasteiger partial charge in [0.25, 0.3) is 0 Å². The molecule has 0 aliphatic heterocycles. The van der Waals surface area contributed by atoms with Crippen molar-refractivity contribution < 1.29 is 19.4 Å². The molecule has 42 heavy (non-hydrogen) atoms. The van der Waals surface area contributed by atoms with E-state index in [1.54, 1.807) is 36.7 Å². The molecule has 3 aromatic rings. The Morgan fingerprint density at radius 3 is 2.26 bits per heavy atom. The van der Waals surface area contributed by atoms with Gasteiger partial charge in [0.2, 0.25) is 0 Å². The first-order valence-corrected chi connectivity index (χ1v) is 16.0. The van der Waals surface area contributed by atoms with Gasteiger partial charge in [0.1, 0.15) is 5.75 Å². The number of nitrogens with zero attached hydrogens (tertiary/aromatic N) is 2. The highest BCUT2D eigenvalue weighted by molar-refractivity contribution is 5.95. The molecule has 1 heterocycles. The maximum absolute atomic E-state index is 11.8. The first kappa shape index (κ1) is 33.3. The third-order valence-corrected chi connectivity index (χ3v) is 7.86. The number of benzene rings is 2. The fourth-order valence-electron chi connectivity index (χ4n) is 5.40. The van der Waals surface area contributed by atoms with Gasteiger partial charge in [-0.15, -0.1) is 0 Å². The second kappa shape index (κ2) is 19.0. The van der Waals surface area contributed by atoms with Crippen LogP contribution in [0.5, 0.6) is 5.75 Å². The Balaban J connectivity index is 1.63. The van der Waals surface area contributed by atoms with E-state index in [-0.39, 0.29) is 11.5 Å². The molecule has 6 nitrogen and oxygen atoms in total. The van der Waals surface area contributed by atoms with Crippen molar-refractivity contribution in [2.24, 2.45) is 0 Å². The van der Waals surface area contributed by atoms with Crippen LogP contribution in [0.15, 0.2) is 60.9 Å². The summed E-state index contributed by atoms with van der Waals surface area (Å²) in [6.07, 6.45) is 18.1. The molecule has 6 heteroatoms. The van der Waals surface area contributed by atoms with Gasteiger partial charge in [-0.2, -0.15) is 0 Å². The minimum Gasteiger partial charge on any atom is -0.493 e. The van der Waals surface area contributed by atoms with E-state index in [0.717, 1.165) is 25.9 Å². The standard InChI is InChI=1S/C36H50N2O4/c1-4-6-7-8-9-13-17-31(30-20-18-29(19-21-30)16-12-10-11-15-28(3)41-5-2)27-42-32-22-23-33(36(39)40)34(26-32)35-37-24-14-25-38-35/h14,18-26,28,31H,4-13,15-17,27H2,1-3H3,(H,39,40). The Kier molecular flexibility index (Phi) is 15.1. The van der Waals surface area contributed by atoms with Crippen LogP contribution in [0.1, 0.15) is 119 Å². The van der Waals surface area contributed by atoms with E-state index in [4.69, 9.17) is 9.47 Å². The average Bonchev–Trinajstić information content (AvgIpc) is 3.01. The van der Waals surface area contributed by atoms with Gasteiger partial charge in [-0.25, -0.2) is 14.8 Å². The molecular formula is C36H50N2O4. The van der Waals surface area contributed by atoms with Crippen LogP contribution >= 0.6 is 0 Å². The van der Waals surface area contributed by atoms with Crippen LogP contribution in [0, 0.1) is 0 Å². The molecule has 3 rings (SSSR count). The normalized spacial score (nSPS) is 12.6. The molecule has 0 aliphatic carbocycles. The molecule has 2 unspecified atom stereocenters. The first-order chi connectivity index (χ1) is 20.5. The van der Waals surface area contributed by atoms with E-state index in [1.807, 2.05) is 0 Å². The number of unbranched alkanes of at least 4 members (excludes halogenated alkanes) is 7. The lowest BCUT2D eigenvalue weighted by Crippen LogP contribution is -2.11. The number of carboxylic acid groups (broad SMARTS) is 1. The lowest BCUT2D eigenvalue weighted by molar-refractivity contribution is 0.0682. The summed E-state index contributed by atoms with van der Waals surface area (Å²) in [7, 11) is 0. The molecule has 1 aromatic heterocycles. The molecule has 0 amide bonds. The number of aromatic carboxylic acids is 1. The third-order valence-electron chi connectivity index (χ3n) is 7.86. The van der Waals surface area contributed by atoms with Crippen molar-refractivity contribution in [1.82, 2.24) is 9.97 Å². The second-order valence-corrected chi connectivity index (χ2v) is 11.3. The molecule has 1 N–H and O–H groups in total. The van der Waals surface area contributed by atoms with Crippen molar-refractivity contribution >= 4 is 5.97 Å². The fourth-order valence-corrected chi connectivity index (χ4v) is 5.40. The van der Waals surface area contributed by atoms with Crippen LogP contribution in [0.2, 0.25) is 0 Å². The maximum Gasteiger partial charge on any atom is 0.336 e. The largest absolute Gasteiger partial charge is 0.493 e. The number of carbonyl (C=O) groups is 1. The van der Waals surface area contributed by atoms with Crippen molar-refractivity contribution in [1.29, 1.82) is 0 Å². The minimum absolute atomic E-state index is 0.163. The van der Waals surface area contributed by atoms with Gasteiger partial charge in [0, 0.05) is 30.5 Å². The Morgan fingerprint density at radius 2 is 1.55 bits per heavy atom. The van der Waals surface area contributed by atoms with Gasteiger partial charge in [-0.3, -0.25) is 0 Å². The molecule has 2 aromatic carbocycles. The van der Waals surface area contributed by atoms with Crippen molar-refractivity contribution in [2.45, 2.75) is 110 Å². The van der Waals surface area contributed by atoms with Gasteiger partial charge in [0.05, 0.1) is 18.3 Å². The highest BCUT2D eigenvalue weighted by atomic mass is 16.5. The molecule has 0 aliphatic rings. The van der Waals surface area contributed by atoms with Crippen LogP contribution in [0.3, 0.4) is 0 Å². The predicted octanol–water partition coefficient (Wildman–Crippen LogP) is 9.28. The summed E-state index contributed by atoms with van der Waals surface area (Å²) in [5.41, 5.74) is 3.31. The maximum atomic E-state index is 11.8. The molecule has 0 radical (unpaired) electrons. The molecule has 0 spiro atoms. The molecule has 2 atom stereocenters. The predicted molar refractivity (Wildman–Crippen MR) is 170 cm³/mol. The number of aryl methyl sites for hydroxylation is 1. The molecule has 228 valence electrons. The van der Waals surface area contributed by atoms with Gasteiger partial charge in [-0.05, 0) is 74.9 Å². The number of carboxylic acids is 1. The van der Waals surface area contributed by atoms with Crippen molar-refractivity contribution in [3.05, 3.63) is 77.6 Å². The Labute approximate surface area is 252 Å². The molecular weight excluding hydrogens is 524 g/mol. The van der Waals surface area contributed by atoms with Crippen molar-refractivity contribution in [3.8, 4) is 17.1 Å². The summed E-state index contributed by atoms with van der Waals surface area (Å²) in [6, 6.07) is 15.9. The number of aromatic nitrogens is 2. The van der Waals surface area contributed by atoms with Crippen molar-refractivity contribution in [3.63, 3.8) is 0 Å². The second-order valence-electron chi connectivity index (χ2n) is 11.3. The fraction of sp³-hybridized carbons (Fsp3) is 0.528. The topological polar surface area (TPSA) is 81.5 Å². The van der Waals surface area contributed by atoms with Gasteiger partial charge in [0.15, 0.2) is 5.82 Å². The van der Waals surface area contributed by atoms with E-state index in [9.17, 15) is 9.90 Å². The van der Waals surface area contributed by atoms with Crippen molar-refractivity contribution in [2.75, 3.05) is 13.2 Å². The zero-order valence-electron chi connectivity index (χ0n) is 25.9.